The van der Waals surface area contributed by atoms with Gasteiger partial charge in [-0.05, 0) is 42.3 Å². The molecule has 0 saturated heterocycles. The van der Waals surface area contributed by atoms with Crippen molar-refractivity contribution in [3.05, 3.63) is 82.1 Å². The van der Waals surface area contributed by atoms with Crippen LogP contribution in [0.1, 0.15) is 29.3 Å². The van der Waals surface area contributed by atoms with Gasteiger partial charge in [0.15, 0.2) is 5.78 Å². The minimum atomic E-state index is -3.55. The van der Waals surface area contributed by atoms with Crippen molar-refractivity contribution in [2.45, 2.75) is 13.3 Å². The highest BCUT2D eigenvalue weighted by atomic mass is 35.5. The van der Waals surface area contributed by atoms with Crippen LogP contribution < -0.4 is 4.72 Å². The smallest absolute Gasteiger partial charge is 0.232 e. The fourth-order valence-corrected chi connectivity index (χ4v) is 5.00. The standard InChI is InChI=1S/C23H19Cl2N3O3S/c1-2-10-32(30,31)28-20-5-3-4-17(21(20)25)22(29)19-13-27-23-18(19)11-15(12-26-23)14-6-8-16(24)9-7-14/h3-9,11-13,28H,2,10H2,1H3,(H,26,27). The van der Waals surface area contributed by atoms with Gasteiger partial charge in [-0.1, -0.05) is 48.3 Å². The van der Waals surface area contributed by atoms with E-state index in [0.29, 0.717) is 28.0 Å². The molecule has 2 heterocycles. The quantitative estimate of drug-likeness (QED) is 0.316. The zero-order chi connectivity index (χ0) is 22.9. The predicted molar refractivity (Wildman–Crippen MR) is 129 cm³/mol. The lowest BCUT2D eigenvalue weighted by Crippen LogP contribution is -2.17. The number of hydrogen-bond donors (Lipinski definition) is 2. The summed E-state index contributed by atoms with van der Waals surface area (Å²) in [4.78, 5) is 20.8. The predicted octanol–water partition coefficient (Wildman–Crippen LogP) is 5.92. The number of halogens is 2. The van der Waals surface area contributed by atoms with E-state index in [1.54, 1.807) is 43.6 Å². The maximum absolute atomic E-state index is 13.4. The first-order chi connectivity index (χ1) is 15.3. The second-order valence-corrected chi connectivity index (χ2v) is 9.90. The Bertz CT molecular complexity index is 1410. The number of nitrogens with one attached hydrogen (secondary N) is 2. The van der Waals surface area contributed by atoms with Gasteiger partial charge in [0.05, 0.1) is 16.5 Å². The lowest BCUT2D eigenvalue weighted by Gasteiger charge is -2.11. The number of sulfonamides is 1. The van der Waals surface area contributed by atoms with Crippen LogP contribution >= 0.6 is 23.2 Å². The van der Waals surface area contributed by atoms with Crippen molar-refractivity contribution in [1.29, 1.82) is 0 Å². The Morgan fingerprint density at radius 2 is 1.81 bits per heavy atom. The molecule has 4 aromatic rings. The number of carbonyl (C=O) groups excluding carboxylic acids is 1. The third kappa shape index (κ3) is 4.50. The molecule has 2 aromatic heterocycles. The molecule has 0 bridgehead atoms. The van der Waals surface area contributed by atoms with Gasteiger partial charge < -0.3 is 4.98 Å². The Morgan fingerprint density at radius 3 is 2.53 bits per heavy atom. The van der Waals surface area contributed by atoms with Crippen molar-refractivity contribution in [3.63, 3.8) is 0 Å². The summed E-state index contributed by atoms with van der Waals surface area (Å²) in [5.41, 5.74) is 3.05. The molecule has 9 heteroatoms. The Hall–Kier alpha value is -2.87. The number of nitrogens with zero attached hydrogens (tertiary/aromatic N) is 1. The van der Waals surface area contributed by atoms with E-state index < -0.39 is 10.0 Å². The topological polar surface area (TPSA) is 91.9 Å². The molecule has 2 N–H and O–H groups in total. The van der Waals surface area contributed by atoms with E-state index in [1.807, 2.05) is 18.2 Å². The van der Waals surface area contributed by atoms with Crippen molar-refractivity contribution in [2.24, 2.45) is 0 Å². The number of hydrogen-bond acceptors (Lipinski definition) is 4. The molecular formula is C23H19Cl2N3O3S. The maximum atomic E-state index is 13.4. The van der Waals surface area contributed by atoms with Gasteiger partial charge >= 0.3 is 0 Å². The number of aromatic nitrogens is 2. The first-order valence-electron chi connectivity index (χ1n) is 9.86. The summed E-state index contributed by atoms with van der Waals surface area (Å²) < 4.78 is 26.8. The molecule has 164 valence electrons. The summed E-state index contributed by atoms with van der Waals surface area (Å²) in [7, 11) is -3.55. The number of anilines is 1. The molecule has 2 aromatic carbocycles. The molecule has 0 spiro atoms. The Morgan fingerprint density at radius 1 is 1.06 bits per heavy atom. The first kappa shape index (κ1) is 22.3. The average molecular weight is 488 g/mol. The first-order valence-corrected chi connectivity index (χ1v) is 12.3. The van der Waals surface area contributed by atoms with Gasteiger partial charge in [0.1, 0.15) is 5.65 Å². The zero-order valence-corrected chi connectivity index (χ0v) is 19.4. The maximum Gasteiger partial charge on any atom is 0.232 e. The van der Waals surface area contributed by atoms with Crippen LogP contribution in [0.25, 0.3) is 22.2 Å². The van der Waals surface area contributed by atoms with Crippen molar-refractivity contribution >= 4 is 55.7 Å². The SMILES string of the molecule is CCCS(=O)(=O)Nc1cccc(C(=O)c2c[nH]c3ncc(-c4ccc(Cl)cc4)cc23)c1Cl. The third-order valence-corrected chi connectivity index (χ3v) is 7.07. The minimum absolute atomic E-state index is 0.0386. The lowest BCUT2D eigenvalue weighted by atomic mass is 10.0. The van der Waals surface area contributed by atoms with Gasteiger partial charge in [-0.25, -0.2) is 13.4 Å². The Balaban J connectivity index is 1.73. The minimum Gasteiger partial charge on any atom is -0.345 e. The number of H-pyrrole nitrogens is 1. The fourth-order valence-electron chi connectivity index (χ4n) is 3.41. The number of aromatic amines is 1. The van der Waals surface area contributed by atoms with Crippen LogP contribution in [0.2, 0.25) is 10.0 Å². The number of carbonyl (C=O) groups is 1. The highest BCUT2D eigenvalue weighted by Crippen LogP contribution is 2.31. The molecule has 0 aliphatic rings. The molecule has 0 saturated carbocycles. The number of benzene rings is 2. The number of pyridine rings is 1. The highest BCUT2D eigenvalue weighted by Gasteiger charge is 2.21. The molecule has 0 radical (unpaired) electrons. The normalized spacial score (nSPS) is 11.6. The highest BCUT2D eigenvalue weighted by molar-refractivity contribution is 7.92. The van der Waals surface area contributed by atoms with Crippen LogP contribution in [0.3, 0.4) is 0 Å². The van der Waals surface area contributed by atoms with Crippen molar-refractivity contribution in [2.75, 3.05) is 10.5 Å². The summed E-state index contributed by atoms with van der Waals surface area (Å²) in [6.45, 7) is 1.77. The monoisotopic (exact) mass is 487 g/mol. The summed E-state index contributed by atoms with van der Waals surface area (Å²) in [6, 6.07) is 13.9. The van der Waals surface area contributed by atoms with E-state index in [9.17, 15) is 13.2 Å². The molecule has 0 fully saturated rings. The van der Waals surface area contributed by atoms with Gasteiger partial charge in [-0.2, -0.15) is 0 Å². The third-order valence-electron chi connectivity index (χ3n) is 4.93. The summed E-state index contributed by atoms with van der Waals surface area (Å²) in [5.74, 6) is -0.379. The van der Waals surface area contributed by atoms with Gasteiger partial charge in [-0.3, -0.25) is 9.52 Å². The summed E-state index contributed by atoms with van der Waals surface area (Å²) in [6.07, 6.45) is 3.76. The van der Waals surface area contributed by atoms with E-state index in [-0.39, 0.29) is 27.8 Å². The summed E-state index contributed by atoms with van der Waals surface area (Å²) in [5, 5.41) is 1.31. The molecule has 0 atom stereocenters. The zero-order valence-electron chi connectivity index (χ0n) is 17.0. The van der Waals surface area contributed by atoms with Gasteiger partial charge in [0.25, 0.3) is 0 Å². The van der Waals surface area contributed by atoms with E-state index in [0.717, 1.165) is 11.1 Å². The molecular weight excluding hydrogens is 469 g/mol. The van der Waals surface area contributed by atoms with E-state index in [1.165, 1.54) is 6.07 Å². The Kier molecular flexibility index (Phi) is 6.24. The van der Waals surface area contributed by atoms with Crippen LogP contribution in [0.4, 0.5) is 5.69 Å². The van der Waals surface area contributed by atoms with Gasteiger partial charge in [-0.15, -0.1) is 0 Å². The number of ketones is 1. The van der Waals surface area contributed by atoms with Crippen LogP contribution in [0, 0.1) is 0 Å². The van der Waals surface area contributed by atoms with E-state index in [4.69, 9.17) is 23.2 Å². The largest absolute Gasteiger partial charge is 0.345 e. The Labute approximate surface area is 195 Å². The van der Waals surface area contributed by atoms with Crippen molar-refractivity contribution in [1.82, 2.24) is 9.97 Å². The molecule has 6 nitrogen and oxygen atoms in total. The second kappa shape index (κ2) is 8.94. The van der Waals surface area contributed by atoms with Gasteiger partial charge in [0.2, 0.25) is 10.0 Å². The van der Waals surface area contributed by atoms with Gasteiger partial charge in [0, 0.05) is 39.5 Å². The van der Waals surface area contributed by atoms with Crippen LogP contribution in [-0.4, -0.2) is 29.9 Å². The molecule has 0 aliphatic heterocycles. The molecule has 0 aliphatic carbocycles. The van der Waals surface area contributed by atoms with E-state index >= 15 is 0 Å². The van der Waals surface area contributed by atoms with Crippen LogP contribution in [0.15, 0.2) is 60.9 Å². The second-order valence-electron chi connectivity index (χ2n) is 7.25. The average Bonchev–Trinajstić information content (AvgIpc) is 3.18. The van der Waals surface area contributed by atoms with Crippen LogP contribution in [-0.2, 0) is 10.0 Å². The number of fused-ring (bicyclic) bond motifs is 1. The molecule has 4 rings (SSSR count). The molecule has 0 amide bonds. The molecule has 32 heavy (non-hydrogen) atoms. The summed E-state index contributed by atoms with van der Waals surface area (Å²) >= 11 is 12.4. The van der Waals surface area contributed by atoms with Crippen molar-refractivity contribution in [3.8, 4) is 11.1 Å². The lowest BCUT2D eigenvalue weighted by molar-refractivity contribution is 0.104. The van der Waals surface area contributed by atoms with Crippen molar-refractivity contribution < 1.29 is 13.2 Å². The molecule has 0 unspecified atom stereocenters. The fraction of sp³-hybridized carbons (Fsp3) is 0.130. The van der Waals surface area contributed by atoms with E-state index in [2.05, 4.69) is 14.7 Å². The number of rotatable bonds is 7. The van der Waals surface area contributed by atoms with Crippen LogP contribution in [0.5, 0.6) is 0 Å².